The molecule has 0 atom stereocenters. The molecule has 5 heteroatoms. The van der Waals surface area contributed by atoms with Crippen molar-refractivity contribution in [3.8, 4) is 0 Å². The number of rotatable bonds is 1. The van der Waals surface area contributed by atoms with Gasteiger partial charge in [-0.1, -0.05) is 0 Å². The zero-order valence-corrected chi connectivity index (χ0v) is 10.4. The highest BCUT2D eigenvalue weighted by molar-refractivity contribution is 5.94. The average molecular weight is 234 g/mol. The van der Waals surface area contributed by atoms with Crippen LogP contribution in [-0.4, -0.2) is 47.0 Å². The molecule has 1 aliphatic heterocycles. The molecule has 1 N–H and O–H groups in total. The van der Waals surface area contributed by atoms with Gasteiger partial charge < -0.3 is 10.2 Å². The number of carbonyl (C=O) groups is 1. The van der Waals surface area contributed by atoms with Crippen molar-refractivity contribution in [1.82, 2.24) is 20.2 Å². The van der Waals surface area contributed by atoms with Crippen LogP contribution in [0.1, 0.15) is 28.3 Å². The van der Waals surface area contributed by atoms with Gasteiger partial charge in [-0.05, 0) is 26.8 Å². The molecule has 0 saturated carbocycles. The Bertz CT molecular complexity index is 411. The molecule has 1 saturated heterocycles. The lowest BCUT2D eigenvalue weighted by Gasteiger charge is -2.20. The van der Waals surface area contributed by atoms with Gasteiger partial charge in [0.2, 0.25) is 0 Å². The second kappa shape index (κ2) is 5.23. The maximum absolute atomic E-state index is 12.3. The fourth-order valence-corrected chi connectivity index (χ4v) is 2.01. The molecule has 1 fully saturated rings. The highest BCUT2D eigenvalue weighted by Gasteiger charge is 2.19. The summed E-state index contributed by atoms with van der Waals surface area (Å²) >= 11 is 0. The number of aryl methyl sites for hydroxylation is 2. The Morgan fingerprint density at radius 3 is 2.94 bits per heavy atom. The molecule has 0 spiro atoms. The van der Waals surface area contributed by atoms with Crippen molar-refractivity contribution in [2.75, 3.05) is 26.2 Å². The topological polar surface area (TPSA) is 58.1 Å². The van der Waals surface area contributed by atoms with Gasteiger partial charge >= 0.3 is 0 Å². The van der Waals surface area contributed by atoms with Crippen LogP contribution in [0.2, 0.25) is 0 Å². The number of carbonyl (C=O) groups excluding carboxylic acids is 1. The van der Waals surface area contributed by atoms with Gasteiger partial charge in [0.05, 0.1) is 11.3 Å². The van der Waals surface area contributed by atoms with Gasteiger partial charge in [-0.3, -0.25) is 4.79 Å². The van der Waals surface area contributed by atoms with Gasteiger partial charge in [0, 0.05) is 25.8 Å². The van der Waals surface area contributed by atoms with Crippen LogP contribution in [0.3, 0.4) is 0 Å². The standard InChI is InChI=1S/C12H18N4O/c1-9-11(8-14-10(2)15-9)12(17)16-6-3-4-13-5-7-16/h8,13H,3-7H2,1-2H3. The fourth-order valence-electron chi connectivity index (χ4n) is 2.01. The van der Waals surface area contributed by atoms with Crippen molar-refractivity contribution in [2.24, 2.45) is 0 Å². The van der Waals surface area contributed by atoms with Crippen LogP contribution in [0.4, 0.5) is 0 Å². The fraction of sp³-hybridized carbons (Fsp3) is 0.583. The number of aromatic nitrogens is 2. The number of amides is 1. The van der Waals surface area contributed by atoms with Crippen molar-refractivity contribution in [3.63, 3.8) is 0 Å². The van der Waals surface area contributed by atoms with Crippen LogP contribution in [0.5, 0.6) is 0 Å². The normalized spacial score (nSPS) is 16.7. The van der Waals surface area contributed by atoms with Crippen molar-refractivity contribution >= 4 is 5.91 Å². The van der Waals surface area contributed by atoms with Crippen LogP contribution >= 0.6 is 0 Å². The molecule has 2 heterocycles. The first-order valence-corrected chi connectivity index (χ1v) is 5.98. The predicted molar refractivity (Wildman–Crippen MR) is 64.9 cm³/mol. The molecule has 5 nitrogen and oxygen atoms in total. The summed E-state index contributed by atoms with van der Waals surface area (Å²) in [6, 6.07) is 0. The van der Waals surface area contributed by atoms with Crippen molar-refractivity contribution < 1.29 is 4.79 Å². The van der Waals surface area contributed by atoms with Gasteiger partial charge in [0.25, 0.3) is 5.91 Å². The maximum atomic E-state index is 12.3. The lowest BCUT2D eigenvalue weighted by Crippen LogP contribution is -2.34. The minimum atomic E-state index is 0.0474. The Hall–Kier alpha value is -1.49. The summed E-state index contributed by atoms with van der Waals surface area (Å²) in [7, 11) is 0. The summed E-state index contributed by atoms with van der Waals surface area (Å²) in [6.45, 7) is 7.09. The molecule has 0 unspecified atom stereocenters. The van der Waals surface area contributed by atoms with Crippen molar-refractivity contribution in [2.45, 2.75) is 20.3 Å². The van der Waals surface area contributed by atoms with E-state index >= 15 is 0 Å². The molecule has 2 rings (SSSR count). The Morgan fingerprint density at radius 2 is 2.18 bits per heavy atom. The zero-order chi connectivity index (χ0) is 12.3. The van der Waals surface area contributed by atoms with Crippen molar-refractivity contribution in [1.29, 1.82) is 0 Å². The second-order valence-electron chi connectivity index (χ2n) is 4.31. The molecule has 17 heavy (non-hydrogen) atoms. The van der Waals surface area contributed by atoms with E-state index in [9.17, 15) is 4.79 Å². The Labute approximate surface area is 101 Å². The molecule has 0 aromatic carbocycles. The monoisotopic (exact) mass is 234 g/mol. The van der Waals surface area contributed by atoms with Crippen molar-refractivity contribution in [3.05, 3.63) is 23.3 Å². The smallest absolute Gasteiger partial charge is 0.257 e. The van der Waals surface area contributed by atoms with E-state index in [2.05, 4.69) is 15.3 Å². The van der Waals surface area contributed by atoms with Crippen LogP contribution in [0.15, 0.2) is 6.20 Å². The summed E-state index contributed by atoms with van der Waals surface area (Å²) < 4.78 is 0. The van der Waals surface area contributed by atoms with Gasteiger partial charge in [0.1, 0.15) is 5.82 Å². The molecule has 1 amide bonds. The third kappa shape index (κ3) is 2.79. The SMILES string of the molecule is Cc1ncc(C(=O)N2CCCNCC2)c(C)n1. The second-order valence-corrected chi connectivity index (χ2v) is 4.31. The lowest BCUT2D eigenvalue weighted by atomic mass is 10.2. The van der Waals surface area contributed by atoms with Gasteiger partial charge in [0.15, 0.2) is 0 Å². The first-order valence-electron chi connectivity index (χ1n) is 5.98. The summed E-state index contributed by atoms with van der Waals surface area (Å²) in [5.74, 6) is 0.753. The van der Waals surface area contributed by atoms with Gasteiger partial charge in [-0.2, -0.15) is 0 Å². The third-order valence-corrected chi connectivity index (χ3v) is 2.96. The molecule has 1 aromatic rings. The quantitative estimate of drug-likeness (QED) is 0.770. The summed E-state index contributed by atoms with van der Waals surface area (Å²) in [6.07, 6.45) is 2.63. The van der Waals surface area contributed by atoms with E-state index in [1.54, 1.807) is 6.20 Å². The lowest BCUT2D eigenvalue weighted by molar-refractivity contribution is 0.0764. The summed E-state index contributed by atoms with van der Waals surface area (Å²) in [4.78, 5) is 22.5. The van der Waals surface area contributed by atoms with Crippen LogP contribution < -0.4 is 5.32 Å². The first kappa shape index (κ1) is 12.0. The van der Waals surface area contributed by atoms with E-state index in [1.165, 1.54) is 0 Å². The van der Waals surface area contributed by atoms with Crippen LogP contribution in [0.25, 0.3) is 0 Å². The van der Waals surface area contributed by atoms with Crippen LogP contribution in [0, 0.1) is 13.8 Å². The minimum absolute atomic E-state index is 0.0474. The summed E-state index contributed by atoms with van der Waals surface area (Å²) in [5, 5.41) is 3.28. The molecular formula is C12H18N4O. The largest absolute Gasteiger partial charge is 0.337 e. The van der Waals surface area contributed by atoms with E-state index in [4.69, 9.17) is 0 Å². The Balaban J connectivity index is 2.17. The minimum Gasteiger partial charge on any atom is -0.337 e. The molecule has 1 aliphatic rings. The third-order valence-electron chi connectivity index (χ3n) is 2.96. The van der Waals surface area contributed by atoms with E-state index in [-0.39, 0.29) is 5.91 Å². The molecule has 0 radical (unpaired) electrons. The van der Waals surface area contributed by atoms with E-state index in [0.717, 1.165) is 38.3 Å². The highest BCUT2D eigenvalue weighted by Crippen LogP contribution is 2.09. The number of nitrogens with one attached hydrogen (secondary N) is 1. The van der Waals surface area contributed by atoms with E-state index < -0.39 is 0 Å². The highest BCUT2D eigenvalue weighted by atomic mass is 16.2. The summed E-state index contributed by atoms with van der Waals surface area (Å²) in [5.41, 5.74) is 1.39. The Kier molecular flexibility index (Phi) is 3.68. The van der Waals surface area contributed by atoms with Gasteiger partial charge in [-0.25, -0.2) is 9.97 Å². The number of nitrogens with zero attached hydrogens (tertiary/aromatic N) is 3. The molecule has 0 bridgehead atoms. The number of hydrogen-bond acceptors (Lipinski definition) is 4. The average Bonchev–Trinajstić information content (AvgIpc) is 2.56. The van der Waals surface area contributed by atoms with E-state index in [0.29, 0.717) is 11.4 Å². The van der Waals surface area contributed by atoms with E-state index in [1.807, 2.05) is 18.7 Å². The first-order chi connectivity index (χ1) is 8.18. The molecule has 0 aliphatic carbocycles. The molecule has 1 aromatic heterocycles. The maximum Gasteiger partial charge on any atom is 0.257 e. The predicted octanol–water partition coefficient (Wildman–Crippen LogP) is 0.529. The zero-order valence-electron chi connectivity index (χ0n) is 10.4. The molecule has 92 valence electrons. The molecular weight excluding hydrogens is 216 g/mol. The number of hydrogen-bond donors (Lipinski definition) is 1. The van der Waals surface area contributed by atoms with Crippen LogP contribution in [-0.2, 0) is 0 Å². The Morgan fingerprint density at radius 1 is 1.35 bits per heavy atom. The van der Waals surface area contributed by atoms with Gasteiger partial charge in [-0.15, -0.1) is 0 Å².